The highest BCUT2D eigenvalue weighted by molar-refractivity contribution is 5.97. The van der Waals surface area contributed by atoms with Crippen LogP contribution in [0.25, 0.3) is 11.3 Å². The molecule has 1 fully saturated rings. The van der Waals surface area contributed by atoms with E-state index in [0.717, 1.165) is 18.4 Å². The number of nitrogens with zero attached hydrogens (tertiary/aromatic N) is 2. The summed E-state index contributed by atoms with van der Waals surface area (Å²) in [6, 6.07) is 6.89. The number of aromatic nitrogens is 3. The second-order valence-electron chi connectivity index (χ2n) is 5.29. The highest BCUT2D eigenvalue weighted by Crippen LogP contribution is 2.20. The van der Waals surface area contributed by atoms with Gasteiger partial charge in [-0.2, -0.15) is 15.4 Å². The first-order valence-corrected chi connectivity index (χ1v) is 7.29. The first-order chi connectivity index (χ1) is 10.7. The topological polar surface area (TPSA) is 99.8 Å². The molecule has 0 saturated carbocycles. The summed E-state index contributed by atoms with van der Waals surface area (Å²) >= 11 is 0. The zero-order valence-electron chi connectivity index (χ0n) is 12.0. The van der Waals surface area contributed by atoms with E-state index in [0.29, 0.717) is 24.2 Å². The van der Waals surface area contributed by atoms with Gasteiger partial charge in [-0.1, -0.05) is 18.6 Å². The van der Waals surface area contributed by atoms with Crippen LogP contribution in [0.2, 0.25) is 0 Å². The SMILES string of the molecule is O=C1CCCCC(C(=O)Nc2cccc(-c3cn[nH]n3)c2)N1. The molecule has 1 atom stereocenters. The summed E-state index contributed by atoms with van der Waals surface area (Å²) in [5.74, 6) is -0.249. The molecule has 3 N–H and O–H groups in total. The Labute approximate surface area is 127 Å². The summed E-state index contributed by atoms with van der Waals surface area (Å²) < 4.78 is 0. The summed E-state index contributed by atoms with van der Waals surface area (Å²) in [7, 11) is 0. The fourth-order valence-corrected chi connectivity index (χ4v) is 2.50. The maximum atomic E-state index is 12.3. The molecule has 2 amide bonds. The van der Waals surface area contributed by atoms with Crippen molar-refractivity contribution in [3.8, 4) is 11.3 Å². The van der Waals surface area contributed by atoms with Crippen molar-refractivity contribution >= 4 is 17.5 Å². The van der Waals surface area contributed by atoms with E-state index in [1.807, 2.05) is 18.2 Å². The summed E-state index contributed by atoms with van der Waals surface area (Å²) in [6.45, 7) is 0. The molecule has 2 heterocycles. The van der Waals surface area contributed by atoms with Crippen molar-refractivity contribution in [3.63, 3.8) is 0 Å². The Morgan fingerprint density at radius 1 is 1.32 bits per heavy atom. The van der Waals surface area contributed by atoms with E-state index < -0.39 is 6.04 Å². The summed E-state index contributed by atoms with van der Waals surface area (Å²) in [6.07, 6.45) is 4.48. The maximum Gasteiger partial charge on any atom is 0.246 e. The molecule has 1 aliphatic heterocycles. The molecule has 1 saturated heterocycles. The number of hydrogen-bond donors (Lipinski definition) is 3. The van der Waals surface area contributed by atoms with Gasteiger partial charge in [0.15, 0.2) is 0 Å². The van der Waals surface area contributed by atoms with Crippen LogP contribution in [-0.2, 0) is 9.59 Å². The molecule has 0 radical (unpaired) electrons. The number of amides is 2. The standard InChI is InChI=1S/C15H17N5O2/c21-14-7-2-1-6-12(18-14)15(22)17-11-5-3-4-10(8-11)13-9-16-20-19-13/h3-5,8-9,12H,1-2,6-7H2,(H,17,22)(H,18,21)(H,16,19,20). The van der Waals surface area contributed by atoms with E-state index in [-0.39, 0.29) is 11.8 Å². The normalized spacial score (nSPS) is 18.4. The molecule has 1 aliphatic rings. The third kappa shape index (κ3) is 3.30. The smallest absolute Gasteiger partial charge is 0.246 e. The second kappa shape index (κ2) is 6.38. The van der Waals surface area contributed by atoms with E-state index in [1.165, 1.54) is 0 Å². The maximum absolute atomic E-state index is 12.3. The van der Waals surface area contributed by atoms with Gasteiger partial charge in [-0.15, -0.1) is 0 Å². The van der Waals surface area contributed by atoms with Crippen LogP contribution in [0.15, 0.2) is 30.5 Å². The average Bonchev–Trinajstić information content (AvgIpc) is 2.96. The number of anilines is 1. The van der Waals surface area contributed by atoms with Gasteiger partial charge in [-0.05, 0) is 25.0 Å². The third-order valence-corrected chi connectivity index (χ3v) is 3.64. The van der Waals surface area contributed by atoms with Crippen LogP contribution in [0.3, 0.4) is 0 Å². The van der Waals surface area contributed by atoms with Crippen molar-refractivity contribution in [2.75, 3.05) is 5.32 Å². The van der Waals surface area contributed by atoms with Gasteiger partial charge in [-0.3, -0.25) is 9.59 Å². The minimum atomic E-state index is -0.467. The van der Waals surface area contributed by atoms with Gasteiger partial charge in [0.2, 0.25) is 11.8 Å². The second-order valence-corrected chi connectivity index (χ2v) is 5.29. The summed E-state index contributed by atoms with van der Waals surface area (Å²) in [4.78, 5) is 23.9. The van der Waals surface area contributed by atoms with Crippen molar-refractivity contribution in [2.45, 2.75) is 31.7 Å². The number of hydrogen-bond acceptors (Lipinski definition) is 4. The van der Waals surface area contributed by atoms with Crippen LogP contribution in [-0.4, -0.2) is 33.3 Å². The molecule has 3 rings (SSSR count). The molecule has 7 nitrogen and oxygen atoms in total. The number of benzene rings is 1. The lowest BCUT2D eigenvalue weighted by Gasteiger charge is -2.15. The van der Waals surface area contributed by atoms with Crippen molar-refractivity contribution in [3.05, 3.63) is 30.5 Å². The molecular weight excluding hydrogens is 282 g/mol. The van der Waals surface area contributed by atoms with Gasteiger partial charge >= 0.3 is 0 Å². The van der Waals surface area contributed by atoms with Gasteiger partial charge in [0.1, 0.15) is 11.7 Å². The highest BCUT2D eigenvalue weighted by Gasteiger charge is 2.23. The monoisotopic (exact) mass is 299 g/mol. The molecule has 1 aromatic heterocycles. The van der Waals surface area contributed by atoms with Crippen molar-refractivity contribution in [2.24, 2.45) is 0 Å². The fraction of sp³-hybridized carbons (Fsp3) is 0.333. The molecule has 1 aromatic carbocycles. The molecule has 22 heavy (non-hydrogen) atoms. The lowest BCUT2D eigenvalue weighted by atomic mass is 10.1. The molecular formula is C15H17N5O2. The van der Waals surface area contributed by atoms with E-state index >= 15 is 0 Å². The Balaban J connectivity index is 1.71. The number of H-pyrrole nitrogens is 1. The highest BCUT2D eigenvalue weighted by atomic mass is 16.2. The Hall–Kier alpha value is -2.70. The fourth-order valence-electron chi connectivity index (χ4n) is 2.50. The van der Waals surface area contributed by atoms with Gasteiger partial charge in [0, 0.05) is 17.7 Å². The predicted octanol–water partition coefficient (Wildman–Crippen LogP) is 1.47. The number of aromatic amines is 1. The molecule has 0 bridgehead atoms. The van der Waals surface area contributed by atoms with Crippen LogP contribution in [0.4, 0.5) is 5.69 Å². The zero-order chi connectivity index (χ0) is 15.4. The third-order valence-electron chi connectivity index (χ3n) is 3.64. The van der Waals surface area contributed by atoms with Gasteiger partial charge < -0.3 is 10.6 Å². The van der Waals surface area contributed by atoms with Crippen molar-refractivity contribution < 1.29 is 9.59 Å². The first-order valence-electron chi connectivity index (χ1n) is 7.29. The molecule has 114 valence electrons. The van der Waals surface area contributed by atoms with Crippen molar-refractivity contribution in [1.29, 1.82) is 0 Å². The van der Waals surface area contributed by atoms with E-state index in [2.05, 4.69) is 26.0 Å². The Morgan fingerprint density at radius 3 is 3.05 bits per heavy atom. The lowest BCUT2D eigenvalue weighted by Crippen LogP contribution is -2.42. The number of carbonyl (C=O) groups is 2. The quantitative estimate of drug-likeness (QED) is 0.799. The lowest BCUT2D eigenvalue weighted by molar-refractivity contribution is -0.125. The van der Waals surface area contributed by atoms with Crippen LogP contribution < -0.4 is 10.6 Å². The van der Waals surface area contributed by atoms with E-state index in [9.17, 15) is 9.59 Å². The molecule has 7 heteroatoms. The Kier molecular flexibility index (Phi) is 4.13. The number of rotatable bonds is 3. The van der Waals surface area contributed by atoms with Gasteiger partial charge in [0.05, 0.1) is 6.20 Å². The molecule has 0 aliphatic carbocycles. The Bertz CT molecular complexity index is 668. The minimum absolute atomic E-state index is 0.0611. The van der Waals surface area contributed by atoms with Crippen LogP contribution >= 0.6 is 0 Å². The minimum Gasteiger partial charge on any atom is -0.344 e. The Morgan fingerprint density at radius 2 is 2.23 bits per heavy atom. The zero-order valence-corrected chi connectivity index (χ0v) is 12.0. The van der Waals surface area contributed by atoms with Crippen LogP contribution in [0, 0.1) is 0 Å². The summed E-state index contributed by atoms with van der Waals surface area (Å²) in [5, 5.41) is 16.0. The molecule has 0 spiro atoms. The number of nitrogens with one attached hydrogen (secondary N) is 3. The molecule has 1 unspecified atom stereocenters. The predicted molar refractivity (Wildman–Crippen MR) is 80.8 cm³/mol. The first kappa shape index (κ1) is 14.2. The average molecular weight is 299 g/mol. The van der Waals surface area contributed by atoms with Gasteiger partial charge in [0.25, 0.3) is 0 Å². The number of carbonyl (C=O) groups excluding carboxylic acids is 2. The van der Waals surface area contributed by atoms with E-state index in [1.54, 1.807) is 12.3 Å². The summed E-state index contributed by atoms with van der Waals surface area (Å²) in [5.41, 5.74) is 2.24. The molecule has 2 aromatic rings. The van der Waals surface area contributed by atoms with Crippen molar-refractivity contribution in [1.82, 2.24) is 20.7 Å². The largest absolute Gasteiger partial charge is 0.344 e. The van der Waals surface area contributed by atoms with E-state index in [4.69, 9.17) is 0 Å². The van der Waals surface area contributed by atoms with Crippen LogP contribution in [0.5, 0.6) is 0 Å². The van der Waals surface area contributed by atoms with Gasteiger partial charge in [-0.25, -0.2) is 0 Å². The van der Waals surface area contributed by atoms with Crippen LogP contribution in [0.1, 0.15) is 25.7 Å².